The van der Waals surface area contributed by atoms with E-state index in [0.717, 1.165) is 55.0 Å². The summed E-state index contributed by atoms with van der Waals surface area (Å²) in [4.78, 5) is 36.5. The number of ether oxygens (including phenoxy) is 1. The number of anilines is 1. The molecule has 2 aliphatic rings. The molecule has 1 N–H and O–H groups in total. The second-order valence-electron chi connectivity index (χ2n) is 8.59. The number of nitrogens with one attached hydrogen (secondary N) is 1. The minimum atomic E-state index is -0.350. The molecule has 0 aliphatic carbocycles. The van der Waals surface area contributed by atoms with E-state index in [1.54, 1.807) is 0 Å². The van der Waals surface area contributed by atoms with Crippen LogP contribution in [0.4, 0.5) is 10.1 Å². The van der Waals surface area contributed by atoms with Crippen LogP contribution in [0.3, 0.4) is 0 Å². The molecule has 1 aromatic carbocycles. The highest BCUT2D eigenvalue weighted by molar-refractivity contribution is 5.92. The molecule has 0 spiro atoms. The quantitative estimate of drug-likeness (QED) is 0.771. The van der Waals surface area contributed by atoms with Gasteiger partial charge in [0.25, 0.3) is 5.91 Å². The summed E-state index contributed by atoms with van der Waals surface area (Å²) in [7, 11) is 0. The molecule has 2 saturated heterocycles. The predicted molar refractivity (Wildman–Crippen MR) is 118 cm³/mol. The van der Waals surface area contributed by atoms with Gasteiger partial charge in [-0.05, 0) is 63.8 Å². The van der Waals surface area contributed by atoms with Gasteiger partial charge in [0.05, 0.1) is 6.42 Å². The number of hydrogen-bond acceptors (Lipinski definition) is 5. The Kier molecular flexibility index (Phi) is 6.79. The molecule has 2 aliphatic heterocycles. The zero-order chi connectivity index (χ0) is 22.7. The maximum absolute atomic E-state index is 13.1. The van der Waals surface area contributed by atoms with E-state index in [9.17, 15) is 14.0 Å². The van der Waals surface area contributed by atoms with Crippen molar-refractivity contribution in [2.24, 2.45) is 0 Å². The molecule has 0 bridgehead atoms. The number of likely N-dealkylation sites (tertiary alicyclic amines) is 1. The molecule has 7 nitrogen and oxygen atoms in total. The Bertz CT molecular complexity index is 966. The normalized spacial score (nSPS) is 20.9. The number of amides is 2. The number of rotatable bonds is 5. The highest BCUT2D eigenvalue weighted by Crippen LogP contribution is 2.28. The van der Waals surface area contributed by atoms with Gasteiger partial charge < -0.3 is 15.0 Å². The van der Waals surface area contributed by atoms with Crippen molar-refractivity contribution in [1.29, 1.82) is 0 Å². The first-order chi connectivity index (χ1) is 15.4. The summed E-state index contributed by atoms with van der Waals surface area (Å²) in [5, 5.41) is 2.78. The Morgan fingerprint density at radius 2 is 1.84 bits per heavy atom. The van der Waals surface area contributed by atoms with E-state index >= 15 is 0 Å². The van der Waals surface area contributed by atoms with E-state index in [1.807, 2.05) is 18.7 Å². The van der Waals surface area contributed by atoms with Gasteiger partial charge in [-0.15, -0.1) is 0 Å². The van der Waals surface area contributed by atoms with Crippen LogP contribution in [0, 0.1) is 19.7 Å². The average molecular weight is 441 g/mol. The average Bonchev–Trinajstić information content (AvgIpc) is 3.32. The first-order valence-corrected chi connectivity index (χ1v) is 11.2. The lowest BCUT2D eigenvalue weighted by Gasteiger charge is -2.33. The van der Waals surface area contributed by atoms with Gasteiger partial charge in [0, 0.05) is 48.3 Å². The second kappa shape index (κ2) is 9.73. The summed E-state index contributed by atoms with van der Waals surface area (Å²) >= 11 is 0. The lowest BCUT2D eigenvalue weighted by molar-refractivity contribution is -0.142. The van der Waals surface area contributed by atoms with E-state index in [-0.39, 0.29) is 36.1 Å². The predicted octanol–water partition coefficient (Wildman–Crippen LogP) is 3.30. The summed E-state index contributed by atoms with van der Waals surface area (Å²) < 4.78 is 18.6. The van der Waals surface area contributed by atoms with Crippen LogP contribution < -0.4 is 5.32 Å². The minimum Gasteiger partial charge on any atom is -0.368 e. The summed E-state index contributed by atoms with van der Waals surface area (Å²) in [5.41, 5.74) is 2.87. The number of halogens is 1. The van der Waals surface area contributed by atoms with Crippen LogP contribution in [-0.4, -0.2) is 52.5 Å². The molecule has 2 aromatic rings. The fourth-order valence-electron chi connectivity index (χ4n) is 4.47. The topological polar surface area (TPSA) is 84.4 Å². The summed E-state index contributed by atoms with van der Waals surface area (Å²) in [6.07, 6.45) is 3.41. The molecule has 8 heteroatoms. The molecule has 0 saturated carbocycles. The van der Waals surface area contributed by atoms with Crippen LogP contribution in [0.25, 0.3) is 0 Å². The summed E-state index contributed by atoms with van der Waals surface area (Å²) in [5.74, 6) is 0.332. The van der Waals surface area contributed by atoms with E-state index in [4.69, 9.17) is 14.7 Å². The number of aryl methyl sites for hydroxylation is 2. The monoisotopic (exact) mass is 440 g/mol. The number of carbonyl (C=O) groups excluding carboxylic acids is 2. The van der Waals surface area contributed by atoms with Crippen LogP contribution >= 0.6 is 0 Å². The second-order valence-corrected chi connectivity index (χ2v) is 8.59. The number of piperidine rings is 1. The lowest BCUT2D eigenvalue weighted by atomic mass is 9.95. The first kappa shape index (κ1) is 22.3. The number of carbonyl (C=O) groups is 2. The standard InChI is InChI=1S/C24H29FN4O3/c1-15-20(13-22(30)28-19-9-7-18(25)8-10-19)16(2)27-23(26-15)17-5-3-11-29(14-17)24(31)21-6-4-12-32-21/h7-10,17,21H,3-6,11-14H2,1-2H3,(H,28,30)/t17-,21-/m0/s1. The van der Waals surface area contributed by atoms with Crippen molar-refractivity contribution in [2.45, 2.75) is 58.0 Å². The number of benzene rings is 1. The summed E-state index contributed by atoms with van der Waals surface area (Å²) in [6, 6.07) is 5.67. The third kappa shape index (κ3) is 5.12. The number of nitrogens with zero attached hydrogens (tertiary/aromatic N) is 3. The smallest absolute Gasteiger partial charge is 0.251 e. The largest absolute Gasteiger partial charge is 0.368 e. The molecule has 0 radical (unpaired) electrons. The molecule has 1 aromatic heterocycles. The van der Waals surface area contributed by atoms with Crippen LogP contribution in [0.15, 0.2) is 24.3 Å². The van der Waals surface area contributed by atoms with E-state index in [0.29, 0.717) is 18.8 Å². The molecule has 2 fully saturated rings. The Labute approximate surface area is 187 Å². The molecule has 3 heterocycles. The lowest BCUT2D eigenvalue weighted by Crippen LogP contribution is -2.44. The molecule has 32 heavy (non-hydrogen) atoms. The van der Waals surface area contributed by atoms with Gasteiger partial charge in [0.15, 0.2) is 0 Å². The van der Waals surface area contributed by atoms with Gasteiger partial charge in [-0.3, -0.25) is 9.59 Å². The molecule has 2 atom stereocenters. The molecule has 170 valence electrons. The molecule has 2 amide bonds. The van der Waals surface area contributed by atoms with Gasteiger partial charge in [0.2, 0.25) is 5.91 Å². The Morgan fingerprint density at radius 1 is 1.12 bits per heavy atom. The van der Waals surface area contributed by atoms with Crippen molar-refractivity contribution >= 4 is 17.5 Å². The van der Waals surface area contributed by atoms with Crippen molar-refractivity contribution in [2.75, 3.05) is 25.0 Å². The number of hydrogen-bond donors (Lipinski definition) is 1. The van der Waals surface area contributed by atoms with Gasteiger partial charge in [-0.2, -0.15) is 0 Å². The molecule has 0 unspecified atom stereocenters. The van der Waals surface area contributed by atoms with Crippen molar-refractivity contribution in [3.05, 3.63) is 52.9 Å². The van der Waals surface area contributed by atoms with Gasteiger partial charge >= 0.3 is 0 Å². The minimum absolute atomic E-state index is 0.0774. The maximum atomic E-state index is 13.1. The van der Waals surface area contributed by atoms with Crippen molar-refractivity contribution < 1.29 is 18.7 Å². The van der Waals surface area contributed by atoms with Crippen LogP contribution in [0.1, 0.15) is 54.4 Å². The van der Waals surface area contributed by atoms with Gasteiger partial charge in [-0.1, -0.05) is 0 Å². The van der Waals surface area contributed by atoms with Crippen LogP contribution in [-0.2, 0) is 20.7 Å². The van der Waals surface area contributed by atoms with E-state index in [1.165, 1.54) is 24.3 Å². The zero-order valence-corrected chi connectivity index (χ0v) is 18.6. The van der Waals surface area contributed by atoms with E-state index in [2.05, 4.69) is 5.32 Å². The van der Waals surface area contributed by atoms with Crippen molar-refractivity contribution in [3.8, 4) is 0 Å². The first-order valence-electron chi connectivity index (χ1n) is 11.2. The number of aromatic nitrogens is 2. The van der Waals surface area contributed by atoms with Crippen molar-refractivity contribution in [1.82, 2.24) is 14.9 Å². The van der Waals surface area contributed by atoms with Gasteiger partial charge in [-0.25, -0.2) is 14.4 Å². The Morgan fingerprint density at radius 3 is 2.50 bits per heavy atom. The molecular weight excluding hydrogens is 411 g/mol. The fraction of sp³-hybridized carbons (Fsp3) is 0.500. The third-order valence-corrected chi connectivity index (χ3v) is 6.21. The Hall–Kier alpha value is -2.87. The highest BCUT2D eigenvalue weighted by atomic mass is 19.1. The van der Waals surface area contributed by atoms with Crippen LogP contribution in [0.5, 0.6) is 0 Å². The van der Waals surface area contributed by atoms with Gasteiger partial charge in [0.1, 0.15) is 17.7 Å². The van der Waals surface area contributed by atoms with Crippen LogP contribution in [0.2, 0.25) is 0 Å². The SMILES string of the molecule is Cc1nc([C@H]2CCCN(C(=O)[C@@H]3CCCO3)C2)nc(C)c1CC(=O)Nc1ccc(F)cc1. The van der Waals surface area contributed by atoms with E-state index < -0.39 is 0 Å². The molecule has 4 rings (SSSR count). The maximum Gasteiger partial charge on any atom is 0.251 e. The summed E-state index contributed by atoms with van der Waals surface area (Å²) in [6.45, 7) is 5.77. The molecular formula is C24H29FN4O3. The third-order valence-electron chi connectivity index (χ3n) is 6.21. The Balaban J connectivity index is 1.43. The zero-order valence-electron chi connectivity index (χ0n) is 18.6. The highest BCUT2D eigenvalue weighted by Gasteiger charge is 2.33. The van der Waals surface area contributed by atoms with Crippen molar-refractivity contribution in [3.63, 3.8) is 0 Å². The fourth-order valence-corrected chi connectivity index (χ4v) is 4.47.